The molecule has 0 aliphatic rings. The van der Waals surface area contributed by atoms with Crippen molar-refractivity contribution in [3.8, 4) is 33.4 Å². The fraction of sp³-hybridized carbons (Fsp3) is 0. The summed E-state index contributed by atoms with van der Waals surface area (Å²) in [6, 6.07) is 49.1. The minimum Gasteiger partial charge on any atom is -0.455 e. The monoisotopic (exact) mass is 563 g/mol. The van der Waals surface area contributed by atoms with Gasteiger partial charge in [-0.3, -0.25) is 0 Å². The third kappa shape index (κ3) is 4.28. The quantitative estimate of drug-likeness (QED) is 0.222. The van der Waals surface area contributed by atoms with Crippen molar-refractivity contribution < 1.29 is 4.42 Å². The first-order valence-corrected chi connectivity index (χ1v) is 14.8. The fourth-order valence-electron chi connectivity index (χ4n) is 6.36. The van der Waals surface area contributed by atoms with Gasteiger partial charge in [0.15, 0.2) is 0 Å². The lowest BCUT2D eigenvalue weighted by atomic mass is 9.95. The van der Waals surface area contributed by atoms with Gasteiger partial charge in [-0.05, 0) is 63.7 Å². The highest BCUT2D eigenvalue weighted by atomic mass is 16.3. The van der Waals surface area contributed by atoms with Crippen LogP contribution in [0.15, 0.2) is 157 Å². The maximum atomic E-state index is 6.25. The molecule has 0 radical (unpaired) electrons. The van der Waals surface area contributed by atoms with E-state index in [1.165, 1.54) is 33.0 Å². The average Bonchev–Trinajstić information content (AvgIpc) is 3.63. The maximum absolute atomic E-state index is 6.25. The molecule has 2 heterocycles. The summed E-state index contributed by atoms with van der Waals surface area (Å²) in [7, 11) is 0. The highest BCUT2D eigenvalue weighted by Gasteiger charge is 2.13. The van der Waals surface area contributed by atoms with Crippen LogP contribution >= 0.6 is 0 Å². The van der Waals surface area contributed by atoms with Crippen molar-refractivity contribution in [3.05, 3.63) is 168 Å². The fourth-order valence-corrected chi connectivity index (χ4v) is 6.36. The number of aromatic amines is 1. The van der Waals surface area contributed by atoms with Crippen molar-refractivity contribution in [2.24, 2.45) is 0 Å². The van der Waals surface area contributed by atoms with Crippen LogP contribution in [0.5, 0.6) is 0 Å². The zero-order valence-electron chi connectivity index (χ0n) is 24.2. The highest BCUT2D eigenvalue weighted by Crippen LogP contribution is 2.36. The third-order valence-corrected chi connectivity index (χ3v) is 8.57. The summed E-state index contributed by atoms with van der Waals surface area (Å²) in [6.07, 6.45) is 1.86. The van der Waals surface area contributed by atoms with E-state index in [0.717, 1.165) is 54.9 Å². The molecular formula is C42H29NO. The summed E-state index contributed by atoms with van der Waals surface area (Å²) in [4.78, 5) is 3.72. The predicted molar refractivity (Wildman–Crippen MR) is 186 cm³/mol. The Balaban J connectivity index is 1.23. The molecule has 208 valence electrons. The van der Waals surface area contributed by atoms with Crippen molar-refractivity contribution in [2.45, 2.75) is 0 Å². The van der Waals surface area contributed by atoms with Crippen LogP contribution in [0, 0.1) is 0 Å². The Kier molecular flexibility index (Phi) is 6.13. The van der Waals surface area contributed by atoms with Gasteiger partial charge in [0.05, 0.1) is 5.52 Å². The molecule has 0 amide bonds. The molecule has 1 N–H and O–H groups in total. The van der Waals surface area contributed by atoms with Gasteiger partial charge in [0.25, 0.3) is 0 Å². The second-order valence-electron chi connectivity index (χ2n) is 11.2. The number of hydrogen-bond acceptors (Lipinski definition) is 1. The van der Waals surface area contributed by atoms with Gasteiger partial charge < -0.3 is 9.40 Å². The van der Waals surface area contributed by atoms with Crippen molar-refractivity contribution in [1.29, 1.82) is 0 Å². The van der Waals surface area contributed by atoms with Gasteiger partial charge in [-0.25, -0.2) is 0 Å². The number of aromatic nitrogens is 1. The van der Waals surface area contributed by atoms with Crippen LogP contribution in [0.4, 0.5) is 0 Å². The number of allylic oxidation sites excluding steroid dienone is 1. The number of fused-ring (bicyclic) bond motifs is 4. The second kappa shape index (κ2) is 10.4. The topological polar surface area (TPSA) is 28.9 Å². The van der Waals surface area contributed by atoms with Crippen LogP contribution in [0.1, 0.15) is 5.56 Å². The molecule has 0 spiro atoms. The normalized spacial score (nSPS) is 12.2. The smallest absolute Gasteiger partial charge is 0.142 e. The highest BCUT2D eigenvalue weighted by molar-refractivity contribution is 6.12. The molecule has 8 aromatic rings. The number of hydrogen-bond donors (Lipinski definition) is 1. The molecule has 0 aliphatic carbocycles. The Morgan fingerprint density at radius 3 is 2.09 bits per heavy atom. The van der Waals surface area contributed by atoms with E-state index in [2.05, 4.69) is 133 Å². The summed E-state index contributed by atoms with van der Waals surface area (Å²) < 4.78 is 6.25. The Bertz CT molecular complexity index is 2480. The Labute approximate surface area is 255 Å². The van der Waals surface area contributed by atoms with Crippen LogP contribution in [0.3, 0.4) is 0 Å². The largest absolute Gasteiger partial charge is 0.455 e. The third-order valence-electron chi connectivity index (χ3n) is 8.57. The Morgan fingerprint density at radius 1 is 0.568 bits per heavy atom. The van der Waals surface area contributed by atoms with E-state index < -0.39 is 0 Å². The van der Waals surface area contributed by atoms with Gasteiger partial charge in [-0.2, -0.15) is 0 Å². The lowest BCUT2D eigenvalue weighted by Crippen LogP contribution is -2.21. The first-order valence-electron chi connectivity index (χ1n) is 14.8. The van der Waals surface area contributed by atoms with E-state index in [4.69, 9.17) is 4.42 Å². The lowest BCUT2D eigenvalue weighted by Gasteiger charge is -2.09. The van der Waals surface area contributed by atoms with E-state index in [1.807, 2.05) is 30.3 Å². The van der Waals surface area contributed by atoms with Gasteiger partial charge in [0.1, 0.15) is 11.0 Å². The van der Waals surface area contributed by atoms with E-state index in [-0.39, 0.29) is 0 Å². The number of benzene rings is 6. The zero-order chi connectivity index (χ0) is 29.6. The van der Waals surface area contributed by atoms with Crippen LogP contribution in [0.2, 0.25) is 0 Å². The van der Waals surface area contributed by atoms with Gasteiger partial charge in [0, 0.05) is 38.0 Å². The molecular weight excluding hydrogens is 534 g/mol. The SMILES string of the molecule is C=C/C(c1cccc(-c2cccc(-c3cccc4c3[nH]c3ccc(-c5ccccc5)cc34)c2)c1)=c1/oc2ccccc2c1=C. The summed E-state index contributed by atoms with van der Waals surface area (Å²) in [5.74, 6) is 0. The predicted octanol–water partition coefficient (Wildman–Crippen LogP) is 9.86. The van der Waals surface area contributed by atoms with E-state index in [1.54, 1.807) is 0 Å². The van der Waals surface area contributed by atoms with Crippen LogP contribution in [0.25, 0.3) is 78.3 Å². The minimum atomic E-state index is 0.757. The molecule has 0 saturated carbocycles. The average molecular weight is 564 g/mol. The summed E-state index contributed by atoms with van der Waals surface area (Å²) in [6.45, 7) is 8.45. The van der Waals surface area contributed by atoms with Crippen molar-refractivity contribution in [1.82, 2.24) is 4.98 Å². The Morgan fingerprint density at radius 2 is 1.25 bits per heavy atom. The first-order chi connectivity index (χ1) is 21.7. The van der Waals surface area contributed by atoms with Gasteiger partial charge in [0.2, 0.25) is 0 Å². The number of furan rings is 1. The lowest BCUT2D eigenvalue weighted by molar-refractivity contribution is 0.573. The standard InChI is InChI=1S/C42H29NO/c1-3-34(42-27(2)35-18-7-8-21-40(35)44-42)32-16-9-14-29(24-32)30-15-10-17-33(25-30)36-19-11-20-37-38-26-31(28-12-5-4-6-13-28)22-23-39(38)43-41(36)37/h3-26,43H,1-2H2/b42-34-. The van der Waals surface area contributed by atoms with E-state index in [9.17, 15) is 0 Å². The molecule has 44 heavy (non-hydrogen) atoms. The van der Waals surface area contributed by atoms with Gasteiger partial charge >= 0.3 is 0 Å². The molecule has 0 aliphatic heterocycles. The summed E-state index contributed by atoms with van der Waals surface area (Å²) in [5.41, 5.74) is 12.9. The Hall–Kier alpha value is -5.86. The van der Waals surface area contributed by atoms with E-state index in [0.29, 0.717) is 0 Å². The van der Waals surface area contributed by atoms with Crippen molar-refractivity contribution >= 4 is 44.9 Å². The molecule has 2 nitrogen and oxygen atoms in total. The maximum Gasteiger partial charge on any atom is 0.142 e. The van der Waals surface area contributed by atoms with Gasteiger partial charge in [-0.15, -0.1) is 0 Å². The first kappa shape index (κ1) is 25.8. The molecule has 6 aromatic carbocycles. The van der Waals surface area contributed by atoms with Crippen molar-refractivity contribution in [2.75, 3.05) is 0 Å². The molecule has 0 atom stereocenters. The summed E-state index contributed by atoms with van der Waals surface area (Å²) in [5, 5.41) is 4.36. The number of nitrogens with one attached hydrogen (secondary N) is 1. The number of rotatable bonds is 5. The molecule has 2 aromatic heterocycles. The number of para-hydroxylation sites is 2. The molecule has 0 bridgehead atoms. The van der Waals surface area contributed by atoms with Crippen molar-refractivity contribution in [3.63, 3.8) is 0 Å². The molecule has 2 heteroatoms. The van der Waals surface area contributed by atoms with Crippen LogP contribution in [-0.4, -0.2) is 4.98 Å². The van der Waals surface area contributed by atoms with Crippen LogP contribution in [-0.2, 0) is 0 Å². The molecule has 0 saturated heterocycles. The molecule has 8 rings (SSSR count). The molecule has 0 fully saturated rings. The second-order valence-corrected chi connectivity index (χ2v) is 11.2. The minimum absolute atomic E-state index is 0.757. The summed E-state index contributed by atoms with van der Waals surface area (Å²) >= 11 is 0. The number of H-pyrrole nitrogens is 1. The van der Waals surface area contributed by atoms with Gasteiger partial charge in [-0.1, -0.05) is 128 Å². The zero-order valence-corrected chi connectivity index (χ0v) is 24.2. The van der Waals surface area contributed by atoms with E-state index >= 15 is 0 Å². The van der Waals surface area contributed by atoms with Crippen LogP contribution < -0.4 is 10.6 Å². The molecule has 0 unspecified atom stereocenters.